The smallest absolute Gasteiger partial charge is 0.227 e. The molecule has 2 heterocycles. The summed E-state index contributed by atoms with van der Waals surface area (Å²) in [5.74, 6) is 1.25. The first kappa shape index (κ1) is 18.2. The fourth-order valence-electron chi connectivity index (χ4n) is 4.06. The normalized spacial score (nSPS) is 17.9. The van der Waals surface area contributed by atoms with Crippen LogP contribution in [0.5, 0.6) is 0 Å². The van der Waals surface area contributed by atoms with E-state index in [0.717, 1.165) is 30.8 Å². The van der Waals surface area contributed by atoms with E-state index in [0.29, 0.717) is 11.7 Å². The van der Waals surface area contributed by atoms with Gasteiger partial charge in [-0.1, -0.05) is 42.5 Å². The van der Waals surface area contributed by atoms with Crippen LogP contribution in [0, 0.1) is 6.92 Å². The zero-order chi connectivity index (χ0) is 18.8. The molecule has 0 N–H and O–H groups in total. The van der Waals surface area contributed by atoms with Crippen molar-refractivity contribution in [1.29, 1.82) is 0 Å². The number of carbonyl (C=O) groups excluding carboxylic acids is 1. The molecule has 3 aromatic rings. The van der Waals surface area contributed by atoms with E-state index < -0.39 is 0 Å². The summed E-state index contributed by atoms with van der Waals surface area (Å²) in [6.07, 6.45) is 3.61. The van der Waals surface area contributed by atoms with Gasteiger partial charge >= 0.3 is 0 Å². The van der Waals surface area contributed by atoms with Crippen LogP contribution in [0.2, 0.25) is 0 Å². The van der Waals surface area contributed by atoms with Crippen molar-refractivity contribution in [3.05, 3.63) is 71.4 Å². The molecule has 27 heavy (non-hydrogen) atoms. The maximum atomic E-state index is 13.0. The molecule has 4 heteroatoms. The molecule has 1 saturated heterocycles. The maximum absolute atomic E-state index is 13.0. The Bertz CT molecular complexity index is 962. The van der Waals surface area contributed by atoms with Crippen molar-refractivity contribution >= 4 is 28.6 Å². The van der Waals surface area contributed by atoms with Gasteiger partial charge in [0.2, 0.25) is 5.91 Å². The molecular formula is C23H26N2OS. The van der Waals surface area contributed by atoms with Crippen LogP contribution < -0.4 is 0 Å². The van der Waals surface area contributed by atoms with Gasteiger partial charge in [0.15, 0.2) is 0 Å². The number of carbonyl (C=O) groups is 1. The Balaban J connectivity index is 1.46. The fourth-order valence-corrected chi connectivity index (χ4v) is 5.38. The Kier molecular flexibility index (Phi) is 5.26. The van der Waals surface area contributed by atoms with E-state index in [4.69, 9.17) is 0 Å². The summed E-state index contributed by atoms with van der Waals surface area (Å²) in [6, 6.07) is 17.0. The molecule has 2 aromatic carbocycles. The minimum absolute atomic E-state index is 0.248. The van der Waals surface area contributed by atoms with Crippen LogP contribution in [-0.4, -0.2) is 34.2 Å². The summed E-state index contributed by atoms with van der Waals surface area (Å²) in [7, 11) is 2.05. The van der Waals surface area contributed by atoms with Crippen molar-refractivity contribution in [3.63, 3.8) is 0 Å². The van der Waals surface area contributed by atoms with Crippen molar-refractivity contribution in [3.8, 4) is 0 Å². The van der Waals surface area contributed by atoms with Gasteiger partial charge in [-0.15, -0.1) is 0 Å². The first-order valence-corrected chi connectivity index (χ1v) is 10.7. The third-order valence-electron chi connectivity index (χ3n) is 5.55. The zero-order valence-electron chi connectivity index (χ0n) is 16.0. The Labute approximate surface area is 165 Å². The predicted molar refractivity (Wildman–Crippen MR) is 114 cm³/mol. The zero-order valence-corrected chi connectivity index (χ0v) is 16.8. The second-order valence-electron chi connectivity index (χ2n) is 7.34. The van der Waals surface area contributed by atoms with Gasteiger partial charge in [-0.3, -0.25) is 4.79 Å². The van der Waals surface area contributed by atoms with Crippen LogP contribution in [0.15, 0.2) is 54.7 Å². The maximum Gasteiger partial charge on any atom is 0.227 e. The number of rotatable bonds is 3. The molecule has 0 radical (unpaired) electrons. The number of aryl methyl sites for hydroxylation is 2. The average Bonchev–Trinajstić information content (AvgIpc) is 2.85. The number of fused-ring (bicyclic) bond motifs is 1. The van der Waals surface area contributed by atoms with E-state index in [2.05, 4.69) is 59.0 Å². The molecule has 1 atom stereocenters. The van der Waals surface area contributed by atoms with Gasteiger partial charge in [-0.05, 0) is 36.1 Å². The van der Waals surface area contributed by atoms with Gasteiger partial charge in [0.1, 0.15) is 0 Å². The molecule has 0 saturated carbocycles. The van der Waals surface area contributed by atoms with Crippen LogP contribution in [0.4, 0.5) is 0 Å². The third kappa shape index (κ3) is 3.77. The topological polar surface area (TPSA) is 25.2 Å². The van der Waals surface area contributed by atoms with Crippen molar-refractivity contribution in [1.82, 2.24) is 9.47 Å². The predicted octanol–water partition coefficient (Wildman–Crippen LogP) is 4.74. The van der Waals surface area contributed by atoms with E-state index in [1.807, 2.05) is 30.9 Å². The number of hydrogen-bond acceptors (Lipinski definition) is 2. The largest absolute Gasteiger partial charge is 0.350 e. The minimum Gasteiger partial charge on any atom is -0.350 e. The second kappa shape index (κ2) is 7.81. The molecule has 4 rings (SSSR count). The van der Waals surface area contributed by atoms with Crippen LogP contribution in [0.1, 0.15) is 28.4 Å². The Morgan fingerprint density at radius 3 is 2.74 bits per heavy atom. The van der Waals surface area contributed by atoms with E-state index >= 15 is 0 Å². The molecule has 1 aromatic heterocycles. The van der Waals surface area contributed by atoms with Crippen molar-refractivity contribution < 1.29 is 4.79 Å². The molecule has 0 aliphatic carbocycles. The number of hydrogen-bond donors (Lipinski definition) is 0. The Morgan fingerprint density at radius 2 is 1.89 bits per heavy atom. The summed E-state index contributed by atoms with van der Waals surface area (Å²) in [4.78, 5) is 15.1. The number of para-hydroxylation sites is 1. The average molecular weight is 379 g/mol. The molecule has 1 amide bonds. The lowest BCUT2D eigenvalue weighted by Crippen LogP contribution is -2.34. The summed E-state index contributed by atoms with van der Waals surface area (Å²) < 4.78 is 2.12. The van der Waals surface area contributed by atoms with Gasteiger partial charge in [-0.25, -0.2) is 0 Å². The van der Waals surface area contributed by atoms with Crippen LogP contribution >= 0.6 is 11.8 Å². The summed E-state index contributed by atoms with van der Waals surface area (Å²) in [5.41, 5.74) is 5.09. The van der Waals surface area contributed by atoms with Crippen LogP contribution in [0.25, 0.3) is 10.9 Å². The van der Waals surface area contributed by atoms with Crippen molar-refractivity contribution in [2.75, 3.05) is 18.8 Å². The Morgan fingerprint density at radius 1 is 1.11 bits per heavy atom. The van der Waals surface area contributed by atoms with Gasteiger partial charge in [0.25, 0.3) is 0 Å². The molecule has 140 valence electrons. The Hall–Kier alpha value is -2.20. The van der Waals surface area contributed by atoms with Gasteiger partial charge in [0.05, 0.1) is 6.42 Å². The van der Waals surface area contributed by atoms with E-state index in [1.54, 1.807) is 0 Å². The lowest BCUT2D eigenvalue weighted by Gasteiger charge is -2.20. The van der Waals surface area contributed by atoms with Crippen LogP contribution in [-0.2, 0) is 18.3 Å². The SMILES string of the molecule is Cc1ccccc1C1CCN(C(=O)Cc2cn(C)c3ccccc23)CCS1. The fraction of sp³-hybridized carbons (Fsp3) is 0.348. The standard InChI is InChI=1S/C23H26N2OS/c1-17-7-3-4-8-19(17)22-11-12-25(13-14-27-22)23(26)15-18-16-24(2)21-10-6-5-9-20(18)21/h3-10,16,22H,11-15H2,1-2H3. The van der Waals surface area contributed by atoms with Crippen molar-refractivity contribution in [2.45, 2.75) is 25.0 Å². The van der Waals surface area contributed by atoms with Gasteiger partial charge in [-0.2, -0.15) is 11.8 Å². The minimum atomic E-state index is 0.248. The van der Waals surface area contributed by atoms with Gasteiger partial charge in [0, 0.05) is 48.2 Å². The monoisotopic (exact) mass is 378 g/mol. The highest BCUT2D eigenvalue weighted by molar-refractivity contribution is 7.99. The van der Waals surface area contributed by atoms with E-state index in [-0.39, 0.29) is 5.91 Å². The van der Waals surface area contributed by atoms with Crippen molar-refractivity contribution in [2.24, 2.45) is 7.05 Å². The summed E-state index contributed by atoms with van der Waals surface area (Å²) >= 11 is 1.99. The number of aromatic nitrogens is 1. The highest BCUT2D eigenvalue weighted by Crippen LogP contribution is 2.36. The molecule has 1 unspecified atom stereocenters. The molecule has 1 fully saturated rings. The number of thioether (sulfide) groups is 1. The first-order valence-electron chi connectivity index (χ1n) is 9.61. The highest BCUT2D eigenvalue weighted by Gasteiger charge is 2.23. The number of amides is 1. The second-order valence-corrected chi connectivity index (χ2v) is 8.66. The molecule has 0 bridgehead atoms. The lowest BCUT2D eigenvalue weighted by molar-refractivity contribution is -0.130. The van der Waals surface area contributed by atoms with E-state index in [9.17, 15) is 4.79 Å². The molecular weight excluding hydrogens is 352 g/mol. The molecule has 0 spiro atoms. The van der Waals surface area contributed by atoms with E-state index in [1.165, 1.54) is 22.0 Å². The third-order valence-corrected chi connectivity index (χ3v) is 6.86. The number of benzene rings is 2. The first-order chi connectivity index (χ1) is 13.1. The summed E-state index contributed by atoms with van der Waals surface area (Å²) in [5, 5.41) is 1.68. The molecule has 1 aliphatic rings. The quantitative estimate of drug-likeness (QED) is 0.658. The van der Waals surface area contributed by atoms with Crippen LogP contribution in [0.3, 0.4) is 0 Å². The summed E-state index contributed by atoms with van der Waals surface area (Å²) in [6.45, 7) is 3.87. The van der Waals surface area contributed by atoms with Gasteiger partial charge < -0.3 is 9.47 Å². The molecule has 1 aliphatic heterocycles. The molecule has 3 nitrogen and oxygen atoms in total. The highest BCUT2D eigenvalue weighted by atomic mass is 32.2. The lowest BCUT2D eigenvalue weighted by atomic mass is 10.0. The number of nitrogens with zero attached hydrogens (tertiary/aromatic N) is 2.